The number of imide groups is 1. The molecule has 1 rings (SSSR count). The number of carbonyl (C=O) groups excluding carboxylic acids is 2. The number of nitrogens with zero attached hydrogens (tertiary/aromatic N) is 1. The van der Waals surface area contributed by atoms with Gasteiger partial charge in [-0.1, -0.05) is 0 Å². The number of aliphatic hydroxyl groups excluding tert-OH is 1. The van der Waals surface area contributed by atoms with E-state index in [0.29, 0.717) is 25.8 Å². The average Bonchev–Trinajstić information content (AvgIpc) is 2.25. The second kappa shape index (κ2) is 5.10. The number of amides is 2. The lowest BCUT2D eigenvalue weighted by Gasteiger charge is -2.19. The molecule has 0 radical (unpaired) electrons. The average molecular weight is 199 g/mol. The third-order valence-corrected chi connectivity index (χ3v) is 2.40. The van der Waals surface area contributed by atoms with Crippen molar-refractivity contribution in [1.82, 2.24) is 4.90 Å². The molecule has 1 aliphatic rings. The Bertz CT molecular complexity index is 207. The third kappa shape index (κ3) is 3.10. The second-order valence-corrected chi connectivity index (χ2v) is 3.78. The summed E-state index contributed by atoms with van der Waals surface area (Å²) in [5.41, 5.74) is 0. The van der Waals surface area contributed by atoms with Gasteiger partial charge in [0.05, 0.1) is 6.10 Å². The van der Waals surface area contributed by atoms with Gasteiger partial charge in [-0.05, 0) is 26.2 Å². The zero-order valence-electron chi connectivity index (χ0n) is 8.53. The highest BCUT2D eigenvalue weighted by Gasteiger charge is 2.23. The molecule has 4 nitrogen and oxygen atoms in total. The molecular weight excluding hydrogens is 182 g/mol. The van der Waals surface area contributed by atoms with Gasteiger partial charge in [0, 0.05) is 19.4 Å². The van der Waals surface area contributed by atoms with E-state index in [1.165, 1.54) is 4.90 Å². The summed E-state index contributed by atoms with van der Waals surface area (Å²) in [6.45, 7) is 2.02. The smallest absolute Gasteiger partial charge is 0.229 e. The van der Waals surface area contributed by atoms with Crippen molar-refractivity contribution in [3.63, 3.8) is 0 Å². The lowest BCUT2D eigenvalue weighted by Crippen LogP contribution is -2.36. The van der Waals surface area contributed by atoms with Crippen molar-refractivity contribution >= 4 is 11.8 Å². The zero-order valence-corrected chi connectivity index (χ0v) is 8.53. The highest BCUT2D eigenvalue weighted by atomic mass is 16.3. The van der Waals surface area contributed by atoms with Crippen LogP contribution in [0.25, 0.3) is 0 Å². The van der Waals surface area contributed by atoms with Crippen molar-refractivity contribution in [3.8, 4) is 0 Å². The van der Waals surface area contributed by atoms with Crippen LogP contribution in [0.4, 0.5) is 0 Å². The van der Waals surface area contributed by atoms with Gasteiger partial charge in [-0.15, -0.1) is 0 Å². The molecule has 1 saturated heterocycles. The van der Waals surface area contributed by atoms with E-state index in [1.54, 1.807) is 6.92 Å². The minimum atomic E-state index is -0.459. The molecule has 1 N–H and O–H groups in total. The molecule has 1 aliphatic heterocycles. The largest absolute Gasteiger partial charge is 0.393 e. The Balaban J connectivity index is 2.52. The Kier molecular flexibility index (Phi) is 4.07. The second-order valence-electron chi connectivity index (χ2n) is 3.78. The molecule has 0 aromatic rings. The topological polar surface area (TPSA) is 57.6 Å². The molecule has 0 aromatic heterocycles. The summed E-state index contributed by atoms with van der Waals surface area (Å²) in [5.74, 6) is -0.179. The van der Waals surface area contributed by atoms with Gasteiger partial charge in [-0.3, -0.25) is 14.5 Å². The fourth-order valence-corrected chi connectivity index (χ4v) is 1.53. The number of hydrogen-bond acceptors (Lipinski definition) is 3. The van der Waals surface area contributed by atoms with E-state index in [2.05, 4.69) is 0 Å². The molecule has 0 aromatic carbocycles. The summed E-state index contributed by atoms with van der Waals surface area (Å²) in [5, 5.41) is 9.08. The Hall–Kier alpha value is -0.900. The van der Waals surface area contributed by atoms with E-state index in [1.807, 2.05) is 0 Å². The number of rotatable bonds is 3. The maximum absolute atomic E-state index is 11.5. The van der Waals surface area contributed by atoms with E-state index in [9.17, 15) is 9.59 Å². The van der Waals surface area contributed by atoms with Crippen molar-refractivity contribution in [3.05, 3.63) is 0 Å². The molecule has 14 heavy (non-hydrogen) atoms. The lowest BCUT2D eigenvalue weighted by atomic mass is 10.2. The fraction of sp³-hybridized carbons (Fsp3) is 0.800. The Morgan fingerprint density at radius 1 is 1.29 bits per heavy atom. The summed E-state index contributed by atoms with van der Waals surface area (Å²) in [7, 11) is 0. The van der Waals surface area contributed by atoms with Crippen molar-refractivity contribution in [1.29, 1.82) is 0 Å². The monoisotopic (exact) mass is 199 g/mol. The van der Waals surface area contributed by atoms with Gasteiger partial charge in [0.25, 0.3) is 0 Å². The molecule has 1 heterocycles. The quantitative estimate of drug-likeness (QED) is 0.680. The van der Waals surface area contributed by atoms with Crippen LogP contribution < -0.4 is 0 Å². The molecule has 0 bridgehead atoms. The molecule has 1 atom stereocenters. The first-order valence-electron chi connectivity index (χ1n) is 5.12. The Labute approximate surface area is 83.9 Å². The highest BCUT2D eigenvalue weighted by molar-refractivity contribution is 5.95. The lowest BCUT2D eigenvalue weighted by molar-refractivity contribution is -0.144. The molecule has 0 aliphatic carbocycles. The molecule has 1 unspecified atom stereocenters. The first-order chi connectivity index (χ1) is 6.61. The van der Waals surface area contributed by atoms with E-state index >= 15 is 0 Å². The minimum Gasteiger partial charge on any atom is -0.393 e. The van der Waals surface area contributed by atoms with Crippen LogP contribution in [0.15, 0.2) is 0 Å². The van der Waals surface area contributed by atoms with Gasteiger partial charge >= 0.3 is 0 Å². The number of likely N-dealkylation sites (tertiary alicyclic amines) is 1. The zero-order chi connectivity index (χ0) is 10.6. The van der Waals surface area contributed by atoms with E-state index in [-0.39, 0.29) is 11.8 Å². The van der Waals surface area contributed by atoms with Crippen molar-refractivity contribution in [2.45, 2.75) is 45.1 Å². The normalized spacial score (nSPS) is 20.9. The molecule has 80 valence electrons. The molecule has 0 saturated carbocycles. The van der Waals surface area contributed by atoms with Gasteiger partial charge in [0.15, 0.2) is 0 Å². The summed E-state index contributed by atoms with van der Waals surface area (Å²) >= 11 is 0. The Morgan fingerprint density at radius 3 is 2.21 bits per heavy atom. The Morgan fingerprint density at radius 2 is 1.79 bits per heavy atom. The van der Waals surface area contributed by atoms with Gasteiger partial charge in [0.1, 0.15) is 0 Å². The van der Waals surface area contributed by atoms with Crippen molar-refractivity contribution in [2.24, 2.45) is 0 Å². The van der Waals surface area contributed by atoms with Crippen molar-refractivity contribution in [2.75, 3.05) is 6.54 Å². The van der Waals surface area contributed by atoms with Crippen LogP contribution in [0.3, 0.4) is 0 Å². The predicted octanol–water partition coefficient (Wildman–Crippen LogP) is 0.686. The molecule has 4 heteroatoms. The predicted molar refractivity (Wildman–Crippen MR) is 51.5 cm³/mol. The maximum Gasteiger partial charge on any atom is 0.229 e. The van der Waals surface area contributed by atoms with E-state index in [0.717, 1.165) is 12.8 Å². The highest BCUT2D eigenvalue weighted by Crippen LogP contribution is 2.13. The first-order valence-corrected chi connectivity index (χ1v) is 5.12. The molecule has 1 fully saturated rings. The summed E-state index contributed by atoms with van der Waals surface area (Å²) in [6, 6.07) is 0. The summed E-state index contributed by atoms with van der Waals surface area (Å²) in [6.07, 6.45) is 2.54. The minimum absolute atomic E-state index is 0.0897. The van der Waals surface area contributed by atoms with Gasteiger partial charge < -0.3 is 5.11 Å². The van der Waals surface area contributed by atoms with E-state index in [4.69, 9.17) is 5.11 Å². The van der Waals surface area contributed by atoms with Gasteiger partial charge in [-0.2, -0.15) is 0 Å². The van der Waals surface area contributed by atoms with Gasteiger partial charge in [0.2, 0.25) is 11.8 Å². The van der Waals surface area contributed by atoms with Gasteiger partial charge in [-0.25, -0.2) is 0 Å². The SMILES string of the molecule is CC(O)CCN1C(=O)CCCCC1=O. The summed E-state index contributed by atoms with van der Waals surface area (Å²) in [4.78, 5) is 24.2. The van der Waals surface area contributed by atoms with Crippen LogP contribution in [-0.2, 0) is 9.59 Å². The van der Waals surface area contributed by atoms with Crippen LogP contribution in [0, 0.1) is 0 Å². The third-order valence-electron chi connectivity index (χ3n) is 2.40. The first kappa shape index (κ1) is 11.2. The molecule has 0 spiro atoms. The number of hydrogen-bond donors (Lipinski definition) is 1. The molecule has 2 amide bonds. The summed E-state index contributed by atoms with van der Waals surface area (Å²) < 4.78 is 0. The van der Waals surface area contributed by atoms with E-state index < -0.39 is 6.10 Å². The number of aliphatic hydroxyl groups is 1. The molecular formula is C10H17NO3. The van der Waals surface area contributed by atoms with Crippen LogP contribution in [0.5, 0.6) is 0 Å². The number of carbonyl (C=O) groups is 2. The fourth-order valence-electron chi connectivity index (χ4n) is 1.53. The van der Waals surface area contributed by atoms with Crippen LogP contribution >= 0.6 is 0 Å². The standard InChI is InChI=1S/C10H17NO3/c1-8(12)6-7-11-9(13)4-2-3-5-10(11)14/h8,12H,2-7H2,1H3. The maximum atomic E-state index is 11.5. The van der Waals surface area contributed by atoms with Crippen LogP contribution in [0.2, 0.25) is 0 Å². The van der Waals surface area contributed by atoms with Crippen LogP contribution in [0.1, 0.15) is 39.0 Å². The van der Waals surface area contributed by atoms with Crippen LogP contribution in [-0.4, -0.2) is 34.5 Å². The van der Waals surface area contributed by atoms with Crippen molar-refractivity contribution < 1.29 is 14.7 Å².